The van der Waals surface area contributed by atoms with Crippen LogP contribution in [0, 0.1) is 0 Å². The molecule has 1 unspecified atom stereocenters. The van der Waals surface area contributed by atoms with E-state index in [4.69, 9.17) is 4.74 Å². The van der Waals surface area contributed by atoms with Gasteiger partial charge in [0.2, 0.25) is 0 Å². The van der Waals surface area contributed by atoms with E-state index in [0.29, 0.717) is 5.88 Å². The summed E-state index contributed by atoms with van der Waals surface area (Å²) in [6.07, 6.45) is 1.79. The summed E-state index contributed by atoms with van der Waals surface area (Å²) in [5.41, 5.74) is 3.40. The number of rotatable bonds is 3. The van der Waals surface area contributed by atoms with Crippen LogP contribution in [-0.4, -0.2) is 27.7 Å². The Kier molecular flexibility index (Phi) is 4.96. The SMILES string of the molecule is CC(C)(C)c1ccccc1Oc1ncccc1N1CSc2cc([AsH2])ccc21. The van der Waals surface area contributed by atoms with Crippen molar-refractivity contribution in [3.05, 3.63) is 66.4 Å². The second-order valence-corrected chi connectivity index (χ2v) is 9.99. The summed E-state index contributed by atoms with van der Waals surface area (Å²) in [4.78, 5) is 8.17. The van der Waals surface area contributed by atoms with Crippen LogP contribution >= 0.6 is 11.8 Å². The number of fused-ring (bicyclic) bond motifs is 1. The molecule has 2 heterocycles. The number of hydrogen-bond acceptors (Lipinski definition) is 4. The summed E-state index contributed by atoms with van der Waals surface area (Å²) in [7, 11) is 0. The average molecular weight is 438 g/mol. The zero-order valence-electron chi connectivity index (χ0n) is 15.8. The number of hydrogen-bond donors (Lipinski definition) is 0. The van der Waals surface area contributed by atoms with Gasteiger partial charge in [-0.15, -0.1) is 0 Å². The number of benzene rings is 2. The first-order valence-corrected chi connectivity index (χ1v) is 11.2. The van der Waals surface area contributed by atoms with Gasteiger partial charge in [-0.05, 0) is 0 Å². The minimum atomic E-state index is 0.000902. The molecule has 0 fully saturated rings. The molecule has 3 aromatic rings. The van der Waals surface area contributed by atoms with Crippen LogP contribution in [0.2, 0.25) is 0 Å². The molecule has 4 rings (SSSR count). The molecule has 2 aromatic carbocycles. The zero-order chi connectivity index (χ0) is 19.0. The Morgan fingerprint density at radius 1 is 1.04 bits per heavy atom. The van der Waals surface area contributed by atoms with Gasteiger partial charge < -0.3 is 0 Å². The van der Waals surface area contributed by atoms with Gasteiger partial charge in [-0.1, -0.05) is 0 Å². The van der Waals surface area contributed by atoms with E-state index in [1.807, 2.05) is 30.0 Å². The summed E-state index contributed by atoms with van der Waals surface area (Å²) in [5.74, 6) is 2.38. The van der Waals surface area contributed by atoms with Gasteiger partial charge in [-0.3, -0.25) is 0 Å². The third-order valence-electron chi connectivity index (χ3n) is 4.57. The monoisotopic (exact) mass is 438 g/mol. The Morgan fingerprint density at radius 3 is 2.67 bits per heavy atom. The molecule has 1 aliphatic rings. The number of ether oxygens (including phenoxy) is 1. The molecule has 3 nitrogen and oxygen atoms in total. The van der Waals surface area contributed by atoms with Crippen molar-refractivity contribution < 1.29 is 4.74 Å². The van der Waals surface area contributed by atoms with Crippen LogP contribution in [0.15, 0.2) is 65.7 Å². The van der Waals surface area contributed by atoms with Crippen molar-refractivity contribution in [2.45, 2.75) is 31.1 Å². The van der Waals surface area contributed by atoms with Crippen molar-refractivity contribution in [1.29, 1.82) is 0 Å². The van der Waals surface area contributed by atoms with Crippen LogP contribution in [0.5, 0.6) is 11.6 Å². The molecule has 0 radical (unpaired) electrons. The normalized spacial score (nSPS) is 13.6. The fourth-order valence-corrected chi connectivity index (χ4v) is 5.11. The van der Waals surface area contributed by atoms with Crippen LogP contribution in [0.4, 0.5) is 11.4 Å². The van der Waals surface area contributed by atoms with Crippen molar-refractivity contribution in [2.75, 3.05) is 10.8 Å². The third kappa shape index (κ3) is 3.74. The van der Waals surface area contributed by atoms with E-state index in [1.54, 1.807) is 23.0 Å². The van der Waals surface area contributed by atoms with Gasteiger partial charge in [-0.2, -0.15) is 0 Å². The Hall–Kier alpha value is -1.90. The number of aromatic nitrogens is 1. The zero-order valence-corrected chi connectivity index (χ0v) is 19.0. The molecule has 138 valence electrons. The Balaban J connectivity index is 1.73. The fraction of sp³-hybridized carbons (Fsp3) is 0.227. The van der Waals surface area contributed by atoms with Gasteiger partial charge >= 0.3 is 174 Å². The van der Waals surface area contributed by atoms with E-state index < -0.39 is 0 Å². The topological polar surface area (TPSA) is 25.4 Å². The van der Waals surface area contributed by atoms with Crippen molar-refractivity contribution in [3.8, 4) is 11.6 Å². The summed E-state index contributed by atoms with van der Waals surface area (Å²) in [5, 5.41) is 0. The maximum atomic E-state index is 6.36. The second-order valence-electron chi connectivity index (χ2n) is 7.60. The van der Waals surface area contributed by atoms with Crippen LogP contribution in [0.3, 0.4) is 0 Å². The minimum absolute atomic E-state index is 0.000902. The molecule has 0 spiro atoms. The van der Waals surface area contributed by atoms with Gasteiger partial charge in [0, 0.05) is 0 Å². The fourth-order valence-electron chi connectivity index (χ4n) is 3.22. The molecule has 1 aliphatic heterocycles. The summed E-state index contributed by atoms with van der Waals surface area (Å²) >= 11 is 3.51. The van der Waals surface area contributed by atoms with Crippen molar-refractivity contribution in [3.63, 3.8) is 0 Å². The predicted octanol–water partition coefficient (Wildman–Crippen LogP) is 4.63. The number of para-hydroxylation sites is 1. The van der Waals surface area contributed by atoms with Gasteiger partial charge in [0.05, 0.1) is 0 Å². The number of thioether (sulfide) groups is 1. The standard InChI is InChI=1S/C22H23AsN2OS/c1-22(2,3)16-7-4-5-9-19(16)26-21-18(8-6-12-24-21)25-14-27-20-13-15(23)10-11-17(20)25/h4-13H,14,23H2,1-3H3. The van der Waals surface area contributed by atoms with E-state index in [9.17, 15) is 0 Å². The molecule has 1 atom stereocenters. The maximum absolute atomic E-state index is 6.36. The summed E-state index contributed by atoms with van der Waals surface area (Å²) < 4.78 is 7.70. The van der Waals surface area contributed by atoms with Crippen LogP contribution in [0.25, 0.3) is 0 Å². The van der Waals surface area contributed by atoms with Gasteiger partial charge in [0.1, 0.15) is 0 Å². The first-order chi connectivity index (χ1) is 12.9. The first kappa shape index (κ1) is 18.5. The van der Waals surface area contributed by atoms with Crippen LogP contribution in [0.1, 0.15) is 26.3 Å². The van der Waals surface area contributed by atoms with E-state index in [-0.39, 0.29) is 5.41 Å². The average Bonchev–Trinajstić information content (AvgIpc) is 3.04. The van der Waals surface area contributed by atoms with Gasteiger partial charge in [0.25, 0.3) is 0 Å². The molecule has 0 bridgehead atoms. The molecule has 27 heavy (non-hydrogen) atoms. The van der Waals surface area contributed by atoms with Crippen molar-refractivity contribution >= 4 is 44.3 Å². The molecule has 1 aromatic heterocycles. The summed E-state index contributed by atoms with van der Waals surface area (Å²) in [6, 6.07) is 18.9. The van der Waals surface area contributed by atoms with Gasteiger partial charge in [-0.25, -0.2) is 0 Å². The van der Waals surface area contributed by atoms with E-state index >= 15 is 0 Å². The van der Waals surface area contributed by atoms with Crippen molar-refractivity contribution in [1.82, 2.24) is 4.98 Å². The third-order valence-corrected chi connectivity index (χ3v) is 6.35. The first-order valence-electron chi connectivity index (χ1n) is 8.96. The van der Waals surface area contributed by atoms with Crippen LogP contribution in [-0.2, 0) is 5.41 Å². The molecule has 0 N–H and O–H groups in total. The molecule has 0 aliphatic carbocycles. The summed E-state index contributed by atoms with van der Waals surface area (Å²) in [6.45, 7) is 6.60. The Morgan fingerprint density at radius 2 is 1.85 bits per heavy atom. The van der Waals surface area contributed by atoms with Gasteiger partial charge in [0.15, 0.2) is 0 Å². The van der Waals surface area contributed by atoms with Crippen LogP contribution < -0.4 is 14.0 Å². The Bertz CT molecular complexity index is 984. The second kappa shape index (κ2) is 7.25. The predicted molar refractivity (Wildman–Crippen MR) is 117 cm³/mol. The van der Waals surface area contributed by atoms with E-state index in [0.717, 1.165) is 17.3 Å². The van der Waals surface area contributed by atoms with E-state index in [2.05, 4.69) is 67.1 Å². The molecule has 0 amide bonds. The molecule has 0 saturated heterocycles. The molecular formula is C22H23AsN2OS. The Labute approximate surface area is 173 Å². The number of nitrogens with zero attached hydrogens (tertiary/aromatic N) is 2. The number of anilines is 2. The van der Waals surface area contributed by atoms with Crippen molar-refractivity contribution in [2.24, 2.45) is 0 Å². The number of pyridine rings is 1. The van der Waals surface area contributed by atoms with E-state index in [1.165, 1.54) is 20.5 Å². The molecule has 5 heteroatoms. The molecular weight excluding hydrogens is 415 g/mol. The molecule has 0 saturated carbocycles. The quantitative estimate of drug-likeness (QED) is 0.557.